The van der Waals surface area contributed by atoms with E-state index in [1.54, 1.807) is 12.1 Å². The molecule has 0 atom stereocenters. The van der Waals surface area contributed by atoms with Crippen molar-refractivity contribution in [3.63, 3.8) is 0 Å². The van der Waals surface area contributed by atoms with Crippen LogP contribution < -0.4 is 14.2 Å². The maximum absolute atomic E-state index is 12.6. The van der Waals surface area contributed by atoms with Gasteiger partial charge in [-0.15, -0.1) is 10.2 Å². The van der Waals surface area contributed by atoms with E-state index in [2.05, 4.69) is 10.2 Å². The van der Waals surface area contributed by atoms with E-state index in [9.17, 15) is 4.79 Å². The van der Waals surface area contributed by atoms with Crippen LogP contribution in [0.5, 0.6) is 17.2 Å². The van der Waals surface area contributed by atoms with Gasteiger partial charge < -0.3 is 18.6 Å². The summed E-state index contributed by atoms with van der Waals surface area (Å²) in [5.41, 5.74) is 3.42. The first kappa shape index (κ1) is 22.4. The van der Waals surface area contributed by atoms with Crippen LogP contribution in [0, 0.1) is 0 Å². The molecule has 0 aliphatic rings. The van der Waals surface area contributed by atoms with Crippen LogP contribution in [-0.4, -0.2) is 43.1 Å². The SMILES string of the molecule is COc1cc(-c2nnc(SCC(=O)c3ccc(-c4ccccc4)cc3)o2)cc(OC)c1OC. The Kier molecular flexibility index (Phi) is 6.95. The van der Waals surface area contributed by atoms with Crippen LogP contribution in [0.25, 0.3) is 22.6 Å². The first-order chi connectivity index (χ1) is 16.1. The first-order valence-corrected chi connectivity index (χ1v) is 11.1. The lowest BCUT2D eigenvalue weighted by atomic mass is 10.0. The molecule has 0 amide bonds. The number of aromatic nitrogens is 2. The molecule has 8 heteroatoms. The molecular formula is C25H22N2O5S. The summed E-state index contributed by atoms with van der Waals surface area (Å²) in [6.07, 6.45) is 0. The second kappa shape index (κ2) is 10.2. The van der Waals surface area contributed by atoms with E-state index in [-0.39, 0.29) is 17.4 Å². The molecule has 1 aromatic heterocycles. The predicted octanol–water partition coefficient (Wildman–Crippen LogP) is 5.40. The van der Waals surface area contributed by atoms with Crippen molar-refractivity contribution in [1.82, 2.24) is 10.2 Å². The third kappa shape index (κ3) is 5.01. The molecule has 7 nitrogen and oxygen atoms in total. The monoisotopic (exact) mass is 462 g/mol. The zero-order valence-electron chi connectivity index (χ0n) is 18.4. The van der Waals surface area contributed by atoms with E-state index in [4.69, 9.17) is 18.6 Å². The van der Waals surface area contributed by atoms with E-state index < -0.39 is 0 Å². The number of thioether (sulfide) groups is 1. The van der Waals surface area contributed by atoms with Crippen LogP contribution in [0.15, 0.2) is 76.4 Å². The molecule has 0 aliphatic heterocycles. The maximum atomic E-state index is 12.6. The molecule has 0 saturated carbocycles. The Labute approximate surface area is 195 Å². The number of rotatable bonds is 9. The molecule has 1 heterocycles. The van der Waals surface area contributed by atoms with Gasteiger partial charge in [0.2, 0.25) is 11.6 Å². The zero-order valence-corrected chi connectivity index (χ0v) is 19.2. The molecule has 0 N–H and O–H groups in total. The van der Waals surface area contributed by atoms with Gasteiger partial charge in [0, 0.05) is 11.1 Å². The summed E-state index contributed by atoms with van der Waals surface area (Å²) < 4.78 is 21.8. The number of carbonyl (C=O) groups is 1. The van der Waals surface area contributed by atoms with Crippen molar-refractivity contribution in [2.24, 2.45) is 0 Å². The zero-order chi connectivity index (χ0) is 23.2. The molecule has 3 aromatic carbocycles. The summed E-state index contributed by atoms with van der Waals surface area (Å²) >= 11 is 1.19. The van der Waals surface area contributed by atoms with Gasteiger partial charge in [-0.25, -0.2) is 0 Å². The average Bonchev–Trinajstić information content (AvgIpc) is 3.36. The minimum absolute atomic E-state index is 0.0212. The van der Waals surface area contributed by atoms with Gasteiger partial charge >= 0.3 is 0 Å². The highest BCUT2D eigenvalue weighted by molar-refractivity contribution is 7.99. The molecule has 0 bridgehead atoms. The third-order valence-electron chi connectivity index (χ3n) is 4.96. The predicted molar refractivity (Wildman–Crippen MR) is 126 cm³/mol. The lowest BCUT2D eigenvalue weighted by Gasteiger charge is -2.12. The van der Waals surface area contributed by atoms with Crippen molar-refractivity contribution >= 4 is 17.5 Å². The van der Waals surface area contributed by atoms with Crippen molar-refractivity contribution in [2.75, 3.05) is 27.1 Å². The van der Waals surface area contributed by atoms with Crippen molar-refractivity contribution in [2.45, 2.75) is 5.22 Å². The van der Waals surface area contributed by atoms with Crippen molar-refractivity contribution < 1.29 is 23.4 Å². The quantitative estimate of drug-likeness (QED) is 0.241. The van der Waals surface area contributed by atoms with Gasteiger partial charge in [-0.1, -0.05) is 66.4 Å². The number of ether oxygens (including phenoxy) is 3. The smallest absolute Gasteiger partial charge is 0.277 e. The molecule has 0 unspecified atom stereocenters. The molecular weight excluding hydrogens is 440 g/mol. The van der Waals surface area contributed by atoms with Gasteiger partial charge in [-0.05, 0) is 23.3 Å². The number of nitrogens with zero attached hydrogens (tertiary/aromatic N) is 2. The fourth-order valence-corrected chi connectivity index (χ4v) is 3.94. The summed E-state index contributed by atoms with van der Waals surface area (Å²) in [7, 11) is 4.61. The van der Waals surface area contributed by atoms with Crippen LogP contribution in [0.2, 0.25) is 0 Å². The van der Waals surface area contributed by atoms with Crippen molar-refractivity contribution in [3.05, 3.63) is 72.3 Å². The minimum Gasteiger partial charge on any atom is -0.493 e. The second-order valence-electron chi connectivity index (χ2n) is 6.94. The number of benzene rings is 3. The first-order valence-electron chi connectivity index (χ1n) is 10.1. The molecule has 0 saturated heterocycles. The largest absolute Gasteiger partial charge is 0.493 e. The Morgan fingerprint density at radius 2 is 1.45 bits per heavy atom. The molecule has 0 spiro atoms. The Morgan fingerprint density at radius 3 is 2.06 bits per heavy atom. The Bertz CT molecular complexity index is 1210. The lowest BCUT2D eigenvalue weighted by molar-refractivity contribution is 0.102. The highest BCUT2D eigenvalue weighted by Gasteiger charge is 2.18. The second-order valence-corrected chi connectivity index (χ2v) is 7.87. The fraction of sp³-hybridized carbons (Fsp3) is 0.160. The molecule has 168 valence electrons. The van der Waals surface area contributed by atoms with E-state index in [1.807, 2.05) is 54.6 Å². The van der Waals surface area contributed by atoms with E-state index >= 15 is 0 Å². The maximum Gasteiger partial charge on any atom is 0.277 e. The summed E-state index contributed by atoms with van der Waals surface area (Å²) in [6, 6.07) is 21.0. The average molecular weight is 463 g/mol. The summed E-state index contributed by atoms with van der Waals surface area (Å²) in [5, 5.41) is 8.43. The topological polar surface area (TPSA) is 83.7 Å². The number of hydrogen-bond donors (Lipinski definition) is 0. The summed E-state index contributed by atoms with van der Waals surface area (Å²) in [4.78, 5) is 12.6. The highest BCUT2D eigenvalue weighted by atomic mass is 32.2. The molecule has 4 rings (SSSR count). The Balaban J connectivity index is 1.44. The van der Waals surface area contributed by atoms with E-state index in [1.165, 1.54) is 33.1 Å². The third-order valence-corrected chi connectivity index (χ3v) is 5.78. The van der Waals surface area contributed by atoms with E-state index in [0.717, 1.165) is 11.1 Å². The van der Waals surface area contributed by atoms with Crippen molar-refractivity contribution in [3.8, 4) is 39.8 Å². The molecule has 0 radical (unpaired) electrons. The van der Waals surface area contributed by atoms with Crippen LogP contribution in [0.3, 0.4) is 0 Å². The van der Waals surface area contributed by atoms with Crippen LogP contribution >= 0.6 is 11.8 Å². The van der Waals surface area contributed by atoms with Gasteiger partial charge in [-0.3, -0.25) is 4.79 Å². The summed E-state index contributed by atoms with van der Waals surface area (Å²) in [6.45, 7) is 0. The van der Waals surface area contributed by atoms with Crippen molar-refractivity contribution in [1.29, 1.82) is 0 Å². The summed E-state index contributed by atoms with van der Waals surface area (Å²) in [5.74, 6) is 1.88. The van der Waals surface area contributed by atoms with Gasteiger partial charge in [0.25, 0.3) is 5.22 Å². The standard InChI is InChI=1S/C25H22N2O5S/c1-29-21-13-19(14-22(30-2)23(21)31-3)24-26-27-25(32-24)33-15-20(28)18-11-9-17(10-12-18)16-7-5-4-6-8-16/h4-14H,15H2,1-3H3. The molecule has 33 heavy (non-hydrogen) atoms. The lowest BCUT2D eigenvalue weighted by Crippen LogP contribution is -2.02. The normalized spacial score (nSPS) is 10.6. The number of methoxy groups -OCH3 is 3. The van der Waals surface area contributed by atoms with Crippen LogP contribution in [0.4, 0.5) is 0 Å². The van der Waals surface area contributed by atoms with Gasteiger partial charge in [-0.2, -0.15) is 0 Å². The molecule has 0 fully saturated rings. The van der Waals surface area contributed by atoms with Crippen LogP contribution in [-0.2, 0) is 0 Å². The Morgan fingerprint density at radius 1 is 0.818 bits per heavy atom. The Hall–Kier alpha value is -3.78. The van der Waals surface area contributed by atoms with Gasteiger partial charge in [0.05, 0.1) is 27.1 Å². The van der Waals surface area contributed by atoms with Gasteiger partial charge in [0.1, 0.15) is 0 Å². The number of Topliss-reactive ketones (excluding diaryl/α,β-unsaturated/α-hetero) is 1. The number of hydrogen-bond acceptors (Lipinski definition) is 8. The van der Waals surface area contributed by atoms with Crippen LogP contribution in [0.1, 0.15) is 10.4 Å². The van der Waals surface area contributed by atoms with Gasteiger partial charge in [0.15, 0.2) is 17.3 Å². The van der Waals surface area contributed by atoms with E-state index in [0.29, 0.717) is 33.6 Å². The highest BCUT2D eigenvalue weighted by Crippen LogP contribution is 2.41. The molecule has 4 aromatic rings. The minimum atomic E-state index is -0.0212. The number of ketones is 1. The number of carbonyl (C=O) groups excluding carboxylic acids is 1. The fourth-order valence-electron chi connectivity index (χ4n) is 3.28. The molecule has 0 aliphatic carbocycles.